The summed E-state index contributed by atoms with van der Waals surface area (Å²) < 4.78 is 13.3. The normalized spacial score (nSPS) is 31.8. The number of carbonyl (C=O) groups excluding carboxylic acids is 1. The van der Waals surface area contributed by atoms with Gasteiger partial charge in [0.05, 0.1) is 12.1 Å². The van der Waals surface area contributed by atoms with Gasteiger partial charge in [0.2, 0.25) is 0 Å². The molecule has 132 valence electrons. The molecule has 0 aliphatic carbocycles. The van der Waals surface area contributed by atoms with E-state index in [1.807, 2.05) is 7.05 Å². The third kappa shape index (κ3) is 2.96. The lowest BCUT2D eigenvalue weighted by atomic mass is 9.99. The summed E-state index contributed by atoms with van der Waals surface area (Å²) in [5, 5.41) is 3.17. The first-order chi connectivity index (χ1) is 11.7. The van der Waals surface area contributed by atoms with Crippen LogP contribution in [0, 0.1) is 0 Å². The van der Waals surface area contributed by atoms with Crippen LogP contribution in [0.15, 0.2) is 12.4 Å². The molecular formula is C17H26N4O3. The zero-order valence-corrected chi connectivity index (χ0v) is 14.2. The van der Waals surface area contributed by atoms with E-state index in [0.29, 0.717) is 17.9 Å². The number of imidazole rings is 1. The molecule has 7 nitrogen and oxygen atoms in total. The predicted molar refractivity (Wildman–Crippen MR) is 87.8 cm³/mol. The van der Waals surface area contributed by atoms with Gasteiger partial charge >= 0.3 is 0 Å². The summed E-state index contributed by atoms with van der Waals surface area (Å²) in [5.41, 5.74) is 0. The van der Waals surface area contributed by atoms with E-state index in [2.05, 4.69) is 15.2 Å². The van der Waals surface area contributed by atoms with E-state index in [1.54, 1.807) is 17.0 Å². The third-order valence-electron chi connectivity index (χ3n) is 5.56. The van der Waals surface area contributed by atoms with Crippen LogP contribution in [0.2, 0.25) is 0 Å². The van der Waals surface area contributed by atoms with E-state index in [-0.39, 0.29) is 18.1 Å². The van der Waals surface area contributed by atoms with E-state index in [4.69, 9.17) is 9.47 Å². The van der Waals surface area contributed by atoms with Gasteiger partial charge in [-0.05, 0) is 25.7 Å². The smallest absolute Gasteiger partial charge is 0.287 e. The number of carbonyl (C=O) groups is 1. The van der Waals surface area contributed by atoms with Crippen molar-refractivity contribution >= 4 is 5.91 Å². The van der Waals surface area contributed by atoms with Gasteiger partial charge < -0.3 is 19.4 Å². The number of ether oxygens (including phenoxy) is 2. The summed E-state index contributed by atoms with van der Waals surface area (Å²) >= 11 is 0. The molecule has 0 bridgehead atoms. The van der Waals surface area contributed by atoms with Gasteiger partial charge in [-0.1, -0.05) is 0 Å². The highest BCUT2D eigenvalue weighted by molar-refractivity contribution is 5.91. The molecule has 1 aromatic heterocycles. The topological polar surface area (TPSA) is 68.6 Å². The standard InChI is InChI=1S/C17H26N4O3/c1-20-7-6-18-16(20)17(22)19-13-11-21(12-4-9-23-10-5-12)14-3-2-8-24-15(13)14/h6-7,12-15H,2-5,8-11H2,1H3,(H,19,22)/t13-,14-,15-/m1/s1. The first-order valence-corrected chi connectivity index (χ1v) is 8.97. The molecule has 4 rings (SSSR count). The fraction of sp³-hybridized carbons (Fsp3) is 0.765. The van der Waals surface area contributed by atoms with Crippen molar-refractivity contribution in [3.63, 3.8) is 0 Å². The zero-order chi connectivity index (χ0) is 16.5. The molecule has 0 aromatic carbocycles. The second-order valence-corrected chi connectivity index (χ2v) is 7.03. The second kappa shape index (κ2) is 6.82. The van der Waals surface area contributed by atoms with Crippen molar-refractivity contribution in [2.75, 3.05) is 26.4 Å². The van der Waals surface area contributed by atoms with Crippen molar-refractivity contribution in [1.82, 2.24) is 19.8 Å². The summed E-state index contributed by atoms with van der Waals surface area (Å²) in [6, 6.07) is 0.985. The minimum Gasteiger partial charge on any atom is -0.381 e. The number of rotatable bonds is 3. The maximum absolute atomic E-state index is 12.6. The summed E-state index contributed by atoms with van der Waals surface area (Å²) in [7, 11) is 1.84. The Balaban J connectivity index is 1.48. The number of hydrogen-bond acceptors (Lipinski definition) is 5. The Morgan fingerprint density at radius 3 is 2.88 bits per heavy atom. The van der Waals surface area contributed by atoms with Gasteiger partial charge in [-0.15, -0.1) is 0 Å². The molecule has 3 aliphatic heterocycles. The molecule has 3 fully saturated rings. The summed E-state index contributed by atoms with van der Waals surface area (Å²) in [5.74, 6) is 0.334. The van der Waals surface area contributed by atoms with Crippen molar-refractivity contribution in [3.8, 4) is 0 Å². The van der Waals surface area contributed by atoms with Gasteiger partial charge in [-0.25, -0.2) is 4.98 Å². The van der Waals surface area contributed by atoms with Crippen molar-refractivity contribution < 1.29 is 14.3 Å². The summed E-state index contributed by atoms with van der Waals surface area (Å²) in [4.78, 5) is 19.3. The number of nitrogens with zero attached hydrogens (tertiary/aromatic N) is 3. The molecule has 0 spiro atoms. The minimum absolute atomic E-state index is 0.0299. The van der Waals surface area contributed by atoms with Crippen molar-refractivity contribution in [1.29, 1.82) is 0 Å². The van der Waals surface area contributed by atoms with Crippen molar-refractivity contribution in [2.45, 2.75) is 49.9 Å². The first kappa shape index (κ1) is 16.1. The Morgan fingerprint density at radius 1 is 1.29 bits per heavy atom. The predicted octanol–water partition coefficient (Wildman–Crippen LogP) is 0.561. The lowest BCUT2D eigenvalue weighted by Crippen LogP contribution is -2.48. The maximum atomic E-state index is 12.6. The van der Waals surface area contributed by atoms with E-state index in [0.717, 1.165) is 52.0 Å². The SMILES string of the molecule is Cn1ccnc1C(=O)N[C@@H]1CN(C2CCOCC2)[C@@H]2CCCO[C@@H]21. The molecule has 0 radical (unpaired) electrons. The van der Waals surface area contributed by atoms with Crippen LogP contribution >= 0.6 is 0 Å². The highest BCUT2D eigenvalue weighted by Gasteiger charge is 2.47. The molecule has 0 saturated carbocycles. The molecule has 4 heterocycles. The van der Waals surface area contributed by atoms with Gasteiger partial charge in [0.15, 0.2) is 5.82 Å². The quantitative estimate of drug-likeness (QED) is 0.875. The van der Waals surface area contributed by atoms with Crippen LogP contribution < -0.4 is 5.32 Å². The molecule has 0 unspecified atom stereocenters. The molecule has 1 N–H and O–H groups in total. The first-order valence-electron chi connectivity index (χ1n) is 8.97. The Morgan fingerprint density at radius 2 is 2.12 bits per heavy atom. The number of hydrogen-bond donors (Lipinski definition) is 1. The molecule has 3 aliphatic rings. The van der Waals surface area contributed by atoms with E-state index in [9.17, 15) is 4.79 Å². The fourth-order valence-electron chi connectivity index (χ4n) is 4.37. The zero-order valence-electron chi connectivity index (χ0n) is 14.2. The number of aromatic nitrogens is 2. The molecule has 3 saturated heterocycles. The monoisotopic (exact) mass is 334 g/mol. The van der Waals surface area contributed by atoms with Crippen molar-refractivity contribution in [2.24, 2.45) is 7.05 Å². The number of likely N-dealkylation sites (tertiary alicyclic amines) is 1. The van der Waals surface area contributed by atoms with Crippen LogP contribution in [0.3, 0.4) is 0 Å². The summed E-state index contributed by atoms with van der Waals surface area (Å²) in [6.45, 7) is 3.32. The minimum atomic E-state index is -0.116. The van der Waals surface area contributed by atoms with Crippen LogP contribution in [-0.4, -0.2) is 71.0 Å². The third-order valence-corrected chi connectivity index (χ3v) is 5.56. The van der Waals surface area contributed by atoms with Gasteiger partial charge in [0, 0.05) is 57.9 Å². The number of nitrogens with one attached hydrogen (secondary N) is 1. The van der Waals surface area contributed by atoms with Gasteiger partial charge in [-0.2, -0.15) is 0 Å². The summed E-state index contributed by atoms with van der Waals surface area (Å²) in [6.07, 6.45) is 7.92. The Labute approximate surface area is 142 Å². The van der Waals surface area contributed by atoms with E-state index in [1.165, 1.54) is 0 Å². The largest absolute Gasteiger partial charge is 0.381 e. The average molecular weight is 334 g/mol. The highest BCUT2D eigenvalue weighted by Crippen LogP contribution is 2.33. The average Bonchev–Trinajstić information content (AvgIpc) is 3.20. The fourth-order valence-corrected chi connectivity index (χ4v) is 4.37. The molecule has 1 amide bonds. The lowest BCUT2D eigenvalue weighted by Gasteiger charge is -2.38. The van der Waals surface area contributed by atoms with Gasteiger partial charge in [-0.3, -0.25) is 9.69 Å². The Bertz CT molecular complexity index is 584. The van der Waals surface area contributed by atoms with E-state index < -0.39 is 0 Å². The maximum Gasteiger partial charge on any atom is 0.287 e. The molecular weight excluding hydrogens is 308 g/mol. The number of aryl methyl sites for hydroxylation is 1. The van der Waals surface area contributed by atoms with Crippen LogP contribution in [0.5, 0.6) is 0 Å². The molecule has 3 atom stereocenters. The van der Waals surface area contributed by atoms with Crippen LogP contribution in [0.4, 0.5) is 0 Å². The Kier molecular flexibility index (Phi) is 4.56. The van der Waals surface area contributed by atoms with Gasteiger partial charge in [0.1, 0.15) is 0 Å². The van der Waals surface area contributed by atoms with Crippen LogP contribution in [0.25, 0.3) is 0 Å². The highest BCUT2D eigenvalue weighted by atomic mass is 16.5. The number of amides is 1. The van der Waals surface area contributed by atoms with E-state index >= 15 is 0 Å². The van der Waals surface area contributed by atoms with Crippen LogP contribution in [-0.2, 0) is 16.5 Å². The molecule has 24 heavy (non-hydrogen) atoms. The second-order valence-electron chi connectivity index (χ2n) is 7.03. The number of fused-ring (bicyclic) bond motifs is 1. The Hall–Kier alpha value is -1.44. The lowest BCUT2D eigenvalue weighted by molar-refractivity contribution is -0.0390. The van der Waals surface area contributed by atoms with Crippen LogP contribution in [0.1, 0.15) is 36.3 Å². The van der Waals surface area contributed by atoms with Crippen molar-refractivity contribution in [3.05, 3.63) is 18.2 Å². The molecule has 7 heteroatoms. The van der Waals surface area contributed by atoms with Gasteiger partial charge in [0.25, 0.3) is 5.91 Å². The molecule has 1 aromatic rings.